The zero-order valence-electron chi connectivity index (χ0n) is 18.5. The lowest BCUT2D eigenvalue weighted by atomic mass is 9.92. The van der Waals surface area contributed by atoms with Gasteiger partial charge in [-0.2, -0.15) is 9.97 Å². The van der Waals surface area contributed by atoms with Crippen LogP contribution in [0.25, 0.3) is 11.2 Å². The summed E-state index contributed by atoms with van der Waals surface area (Å²) < 4.78 is 15.5. The van der Waals surface area contributed by atoms with Crippen molar-refractivity contribution in [1.82, 2.24) is 19.5 Å². The van der Waals surface area contributed by atoms with E-state index in [0.29, 0.717) is 36.4 Å². The fourth-order valence-electron chi connectivity index (χ4n) is 4.79. The molecule has 1 aromatic carbocycles. The van der Waals surface area contributed by atoms with Gasteiger partial charge in [-0.3, -0.25) is 0 Å². The molecular weight excluding hydrogens is 464 g/mol. The number of nitrogens with zero attached hydrogens (tertiary/aromatic N) is 4. The van der Waals surface area contributed by atoms with Gasteiger partial charge in [0.2, 0.25) is 5.95 Å². The Morgan fingerprint density at radius 3 is 2.36 bits per heavy atom. The van der Waals surface area contributed by atoms with Crippen LogP contribution in [0.5, 0.6) is 0 Å². The van der Waals surface area contributed by atoms with E-state index in [1.165, 1.54) is 25.0 Å². The zero-order chi connectivity index (χ0) is 21.2. The topological polar surface area (TPSA) is 93.7 Å². The van der Waals surface area contributed by atoms with E-state index in [0.717, 1.165) is 55.3 Å². The number of aromatic nitrogens is 4. The number of benzene rings is 1. The van der Waals surface area contributed by atoms with Gasteiger partial charge in [-0.1, -0.05) is 25.0 Å². The number of imidazole rings is 1. The average molecular weight is 496 g/mol. The maximum Gasteiger partial charge on any atom is 0.227 e. The molecule has 33 heavy (non-hydrogen) atoms. The van der Waals surface area contributed by atoms with Gasteiger partial charge >= 0.3 is 0 Å². The van der Waals surface area contributed by atoms with Crippen LogP contribution < -0.4 is 16.4 Å². The number of nitrogens with two attached hydrogens (primary N) is 1. The first-order valence-corrected chi connectivity index (χ1v) is 11.4. The number of fused-ring (bicyclic) bond motifs is 1. The summed E-state index contributed by atoms with van der Waals surface area (Å²) in [6.07, 6.45) is 10.8. The highest BCUT2D eigenvalue weighted by Gasteiger charge is 2.23. The molecule has 2 aromatic heterocycles. The smallest absolute Gasteiger partial charge is 0.227 e. The fourth-order valence-corrected chi connectivity index (χ4v) is 4.79. The lowest BCUT2D eigenvalue weighted by molar-refractivity contribution is 0.410. The molecule has 2 fully saturated rings. The summed E-state index contributed by atoms with van der Waals surface area (Å²) in [6, 6.07) is 7.60. The maximum atomic E-state index is 13.2. The molecule has 180 valence electrons. The van der Waals surface area contributed by atoms with E-state index in [-0.39, 0.29) is 30.6 Å². The first kappa shape index (κ1) is 25.5. The largest absolute Gasteiger partial charge is 0.364 e. The third kappa shape index (κ3) is 5.86. The highest BCUT2D eigenvalue weighted by molar-refractivity contribution is 5.86. The molecule has 10 heteroatoms. The van der Waals surface area contributed by atoms with Gasteiger partial charge in [0, 0.05) is 24.7 Å². The van der Waals surface area contributed by atoms with Crippen LogP contribution in [0, 0.1) is 5.82 Å². The monoisotopic (exact) mass is 495 g/mol. The van der Waals surface area contributed by atoms with Gasteiger partial charge in [-0.05, 0) is 56.2 Å². The first-order chi connectivity index (χ1) is 15.2. The van der Waals surface area contributed by atoms with Gasteiger partial charge in [0.05, 0.1) is 6.33 Å². The molecule has 4 N–H and O–H groups in total. The Labute approximate surface area is 206 Å². The van der Waals surface area contributed by atoms with Crippen molar-refractivity contribution in [3.8, 4) is 0 Å². The number of nitrogens with one attached hydrogen (secondary N) is 2. The molecule has 2 saturated carbocycles. The van der Waals surface area contributed by atoms with Crippen molar-refractivity contribution in [1.29, 1.82) is 0 Å². The van der Waals surface area contributed by atoms with Crippen molar-refractivity contribution in [3.05, 3.63) is 42.0 Å². The van der Waals surface area contributed by atoms with Crippen LogP contribution in [0.1, 0.15) is 63.0 Å². The minimum Gasteiger partial charge on any atom is -0.364 e. The standard InChI is InChI=1S/C23H30FN7.2ClH/c24-16-7-5-15(6-8-16)13-26-21-20-22(31(14-27-20)19-3-1-2-4-19)30-23(29-21)28-18-11-9-17(25)10-12-18;;/h5-8,14,17-19H,1-4,9-13,25H2,(H2,26,28,29,30);2*1H/t17-,18-;;. The maximum absolute atomic E-state index is 13.2. The molecule has 0 bridgehead atoms. The Kier molecular flexibility index (Phi) is 8.73. The minimum absolute atomic E-state index is 0. The van der Waals surface area contributed by atoms with Gasteiger partial charge in [0.25, 0.3) is 0 Å². The molecule has 0 spiro atoms. The van der Waals surface area contributed by atoms with Gasteiger partial charge in [0.1, 0.15) is 5.82 Å². The normalized spacial score (nSPS) is 20.8. The molecule has 0 radical (unpaired) electrons. The SMILES string of the molecule is Cl.Cl.N[C@H]1CC[C@H](Nc2nc(NCc3ccc(F)cc3)c3ncn(C4CCCC4)c3n2)CC1. The molecular formula is C23H32Cl2FN7. The second kappa shape index (κ2) is 11.3. The number of rotatable bonds is 6. The Hall–Kier alpha value is -2.16. The van der Waals surface area contributed by atoms with E-state index in [2.05, 4.69) is 20.2 Å². The summed E-state index contributed by atoms with van der Waals surface area (Å²) in [5.41, 5.74) is 8.71. The van der Waals surface area contributed by atoms with E-state index in [4.69, 9.17) is 15.7 Å². The van der Waals surface area contributed by atoms with Gasteiger partial charge in [-0.25, -0.2) is 9.37 Å². The van der Waals surface area contributed by atoms with Crippen LogP contribution in [0.2, 0.25) is 0 Å². The quantitative estimate of drug-likeness (QED) is 0.434. The summed E-state index contributed by atoms with van der Waals surface area (Å²) in [7, 11) is 0. The van der Waals surface area contributed by atoms with Crippen LogP contribution in [-0.2, 0) is 6.54 Å². The first-order valence-electron chi connectivity index (χ1n) is 11.4. The second-order valence-electron chi connectivity index (χ2n) is 8.89. The number of hydrogen-bond donors (Lipinski definition) is 3. The van der Waals surface area contributed by atoms with E-state index < -0.39 is 0 Å². The predicted molar refractivity (Wildman–Crippen MR) is 135 cm³/mol. The van der Waals surface area contributed by atoms with E-state index in [1.807, 2.05) is 6.33 Å². The van der Waals surface area contributed by atoms with E-state index >= 15 is 0 Å². The highest BCUT2D eigenvalue weighted by atomic mass is 35.5. The zero-order valence-corrected chi connectivity index (χ0v) is 20.2. The molecule has 0 saturated heterocycles. The molecule has 0 atom stereocenters. The summed E-state index contributed by atoms with van der Waals surface area (Å²) in [5, 5.41) is 6.94. The lowest BCUT2D eigenvalue weighted by Gasteiger charge is -2.27. The fraction of sp³-hybridized carbons (Fsp3) is 0.522. The molecule has 0 unspecified atom stereocenters. The predicted octanol–water partition coefficient (Wildman–Crippen LogP) is 5.22. The number of halogens is 3. The molecule has 0 aliphatic heterocycles. The third-order valence-corrected chi connectivity index (χ3v) is 6.62. The molecule has 7 nitrogen and oxygen atoms in total. The number of hydrogen-bond acceptors (Lipinski definition) is 6. The Balaban J connectivity index is 0.00000153. The van der Waals surface area contributed by atoms with Crippen molar-refractivity contribution in [2.24, 2.45) is 5.73 Å². The van der Waals surface area contributed by atoms with Gasteiger partial charge in [0.15, 0.2) is 17.0 Å². The number of anilines is 2. The molecule has 2 aliphatic carbocycles. The summed E-state index contributed by atoms with van der Waals surface area (Å²) >= 11 is 0. The second-order valence-corrected chi connectivity index (χ2v) is 8.89. The Morgan fingerprint density at radius 1 is 0.970 bits per heavy atom. The van der Waals surface area contributed by atoms with Crippen LogP contribution in [-0.4, -0.2) is 31.6 Å². The average Bonchev–Trinajstić information content (AvgIpc) is 3.44. The minimum atomic E-state index is -0.234. The van der Waals surface area contributed by atoms with Crippen molar-refractivity contribution < 1.29 is 4.39 Å². The van der Waals surface area contributed by atoms with Crippen LogP contribution in [0.15, 0.2) is 30.6 Å². The van der Waals surface area contributed by atoms with E-state index in [9.17, 15) is 4.39 Å². The molecule has 2 aliphatic rings. The van der Waals surface area contributed by atoms with Crippen molar-refractivity contribution >= 4 is 47.7 Å². The van der Waals surface area contributed by atoms with Gasteiger partial charge in [-0.15, -0.1) is 24.8 Å². The molecule has 5 rings (SSSR count). The highest BCUT2D eigenvalue weighted by Crippen LogP contribution is 2.33. The van der Waals surface area contributed by atoms with Crippen LogP contribution >= 0.6 is 24.8 Å². The third-order valence-electron chi connectivity index (χ3n) is 6.62. The van der Waals surface area contributed by atoms with Crippen molar-refractivity contribution in [2.75, 3.05) is 10.6 Å². The van der Waals surface area contributed by atoms with Gasteiger partial charge < -0.3 is 20.9 Å². The Morgan fingerprint density at radius 2 is 1.67 bits per heavy atom. The van der Waals surface area contributed by atoms with Crippen molar-refractivity contribution in [2.45, 2.75) is 76.0 Å². The van der Waals surface area contributed by atoms with E-state index in [1.54, 1.807) is 12.1 Å². The lowest BCUT2D eigenvalue weighted by Crippen LogP contribution is -2.33. The molecule has 2 heterocycles. The van der Waals surface area contributed by atoms with Crippen molar-refractivity contribution in [3.63, 3.8) is 0 Å². The summed E-state index contributed by atoms with van der Waals surface area (Å²) in [6.45, 7) is 0.542. The summed E-state index contributed by atoms with van der Waals surface area (Å²) in [4.78, 5) is 14.3. The van der Waals surface area contributed by atoms with Crippen LogP contribution in [0.4, 0.5) is 16.2 Å². The van der Waals surface area contributed by atoms with Crippen LogP contribution in [0.3, 0.4) is 0 Å². The summed E-state index contributed by atoms with van der Waals surface area (Å²) in [5.74, 6) is 1.11. The molecule has 0 amide bonds. The Bertz CT molecular complexity index is 1030. The molecule has 3 aromatic rings.